The summed E-state index contributed by atoms with van der Waals surface area (Å²) in [6, 6.07) is 4.83. The Morgan fingerprint density at radius 1 is 1.47 bits per heavy atom. The number of anilines is 1. The van der Waals surface area contributed by atoms with Crippen LogP contribution in [0.5, 0.6) is 0 Å². The van der Waals surface area contributed by atoms with Crippen molar-refractivity contribution >= 4 is 16.0 Å². The Kier molecular flexibility index (Phi) is 4.43. The molecule has 0 amide bonds. The Morgan fingerprint density at radius 3 is 2.65 bits per heavy atom. The van der Waals surface area contributed by atoms with Gasteiger partial charge in [-0.1, -0.05) is 13.8 Å². The van der Waals surface area contributed by atoms with Crippen LogP contribution in [-0.4, -0.2) is 19.9 Å². The van der Waals surface area contributed by atoms with Crippen molar-refractivity contribution in [1.29, 1.82) is 5.26 Å². The molecule has 1 aromatic rings. The molecule has 6 nitrogen and oxygen atoms in total. The summed E-state index contributed by atoms with van der Waals surface area (Å²) in [4.78, 5) is 3.81. The van der Waals surface area contributed by atoms with Gasteiger partial charge in [0.2, 0.25) is 0 Å². The highest BCUT2D eigenvalue weighted by Crippen LogP contribution is 2.05. The lowest BCUT2D eigenvalue weighted by Gasteiger charge is -2.10. The fourth-order valence-electron chi connectivity index (χ4n) is 0.970. The third-order valence-electron chi connectivity index (χ3n) is 1.81. The van der Waals surface area contributed by atoms with Crippen LogP contribution in [0.25, 0.3) is 0 Å². The van der Waals surface area contributed by atoms with Crippen molar-refractivity contribution in [1.82, 2.24) is 9.71 Å². The summed E-state index contributed by atoms with van der Waals surface area (Å²) < 4.78 is 27.7. The molecular weight excluding hydrogens is 240 g/mol. The van der Waals surface area contributed by atoms with Gasteiger partial charge in [0.1, 0.15) is 11.9 Å². The van der Waals surface area contributed by atoms with E-state index in [1.807, 2.05) is 19.9 Å². The van der Waals surface area contributed by atoms with Crippen molar-refractivity contribution in [3.8, 4) is 6.07 Å². The van der Waals surface area contributed by atoms with Gasteiger partial charge in [0.15, 0.2) is 0 Å². The topological polar surface area (TPSA) is 94.9 Å². The van der Waals surface area contributed by atoms with Crippen molar-refractivity contribution in [3.05, 3.63) is 23.9 Å². The highest BCUT2D eigenvalue weighted by atomic mass is 32.2. The maximum Gasteiger partial charge on any atom is 0.300 e. The van der Waals surface area contributed by atoms with Crippen molar-refractivity contribution in [3.63, 3.8) is 0 Å². The third kappa shape index (κ3) is 4.80. The quantitative estimate of drug-likeness (QED) is 0.814. The molecule has 0 spiro atoms. The smallest absolute Gasteiger partial charge is 0.255 e. The lowest BCUT2D eigenvalue weighted by Crippen LogP contribution is -2.33. The monoisotopic (exact) mass is 254 g/mol. The van der Waals surface area contributed by atoms with E-state index in [2.05, 4.69) is 14.4 Å². The Balaban J connectivity index is 2.67. The minimum atomic E-state index is -3.59. The molecule has 7 heteroatoms. The molecule has 2 N–H and O–H groups in total. The van der Waals surface area contributed by atoms with E-state index in [9.17, 15) is 8.42 Å². The van der Waals surface area contributed by atoms with Crippen LogP contribution >= 0.6 is 0 Å². The maximum absolute atomic E-state index is 11.5. The van der Waals surface area contributed by atoms with E-state index in [1.54, 1.807) is 0 Å². The second kappa shape index (κ2) is 5.61. The van der Waals surface area contributed by atoms with E-state index >= 15 is 0 Å². The van der Waals surface area contributed by atoms with Gasteiger partial charge in [-0.2, -0.15) is 18.4 Å². The van der Waals surface area contributed by atoms with Crippen LogP contribution in [0.15, 0.2) is 18.3 Å². The molecule has 0 aromatic carbocycles. The summed E-state index contributed by atoms with van der Waals surface area (Å²) in [7, 11) is -3.59. The first-order valence-corrected chi connectivity index (χ1v) is 6.55. The minimum absolute atomic E-state index is 0.181. The first kappa shape index (κ1) is 13.4. The van der Waals surface area contributed by atoms with Gasteiger partial charge >= 0.3 is 0 Å². The minimum Gasteiger partial charge on any atom is -0.255 e. The van der Waals surface area contributed by atoms with Crippen LogP contribution in [0.2, 0.25) is 0 Å². The van der Waals surface area contributed by atoms with E-state index in [4.69, 9.17) is 5.26 Å². The van der Waals surface area contributed by atoms with Crippen molar-refractivity contribution < 1.29 is 8.42 Å². The van der Waals surface area contributed by atoms with E-state index < -0.39 is 10.2 Å². The van der Waals surface area contributed by atoms with Crippen molar-refractivity contribution in [2.45, 2.75) is 13.8 Å². The van der Waals surface area contributed by atoms with Crippen LogP contribution in [-0.2, 0) is 10.2 Å². The molecule has 92 valence electrons. The fourth-order valence-corrected chi connectivity index (χ4v) is 1.99. The summed E-state index contributed by atoms with van der Waals surface area (Å²) in [5, 5.41) is 8.57. The highest BCUT2D eigenvalue weighted by Gasteiger charge is 2.10. The predicted molar refractivity (Wildman–Crippen MR) is 64.3 cm³/mol. The number of hydrogen-bond acceptors (Lipinski definition) is 4. The molecule has 0 aliphatic heterocycles. The Labute approximate surface area is 101 Å². The lowest BCUT2D eigenvalue weighted by atomic mass is 10.2. The van der Waals surface area contributed by atoms with Gasteiger partial charge in [0, 0.05) is 12.7 Å². The molecule has 1 rings (SSSR count). The summed E-state index contributed by atoms with van der Waals surface area (Å²) >= 11 is 0. The maximum atomic E-state index is 11.5. The zero-order valence-corrected chi connectivity index (χ0v) is 10.5. The van der Waals surface area contributed by atoms with Crippen LogP contribution in [0.4, 0.5) is 5.82 Å². The third-order valence-corrected chi connectivity index (χ3v) is 2.84. The van der Waals surface area contributed by atoms with Crippen LogP contribution in [0.3, 0.4) is 0 Å². The highest BCUT2D eigenvalue weighted by molar-refractivity contribution is 7.90. The molecular formula is C10H14N4O2S. The molecule has 0 saturated carbocycles. The standard InChI is InChI=1S/C10H14N4O2S/c1-8(2)6-13-17(15,16)14-10-4-3-9(5-11)7-12-10/h3-4,7-8,13H,6H2,1-2H3,(H,12,14). The molecule has 0 saturated heterocycles. The number of aromatic nitrogens is 1. The number of nitrogens with zero attached hydrogens (tertiary/aromatic N) is 2. The average molecular weight is 254 g/mol. The normalized spacial score (nSPS) is 11.2. The molecule has 0 fully saturated rings. The zero-order valence-electron chi connectivity index (χ0n) is 9.64. The van der Waals surface area contributed by atoms with Gasteiger partial charge in [0.05, 0.1) is 5.56 Å². The van der Waals surface area contributed by atoms with Crippen LogP contribution < -0.4 is 9.44 Å². The van der Waals surface area contributed by atoms with E-state index in [0.717, 1.165) is 0 Å². The molecule has 17 heavy (non-hydrogen) atoms. The zero-order chi connectivity index (χ0) is 12.9. The summed E-state index contributed by atoms with van der Waals surface area (Å²) in [5.41, 5.74) is 0.378. The summed E-state index contributed by atoms with van der Waals surface area (Å²) in [6.07, 6.45) is 1.31. The van der Waals surface area contributed by atoms with Gasteiger partial charge in [-0.15, -0.1) is 0 Å². The second-order valence-electron chi connectivity index (χ2n) is 3.89. The first-order chi connectivity index (χ1) is 7.93. The first-order valence-electron chi connectivity index (χ1n) is 5.06. The van der Waals surface area contributed by atoms with Gasteiger partial charge in [-0.25, -0.2) is 4.98 Å². The predicted octanol–water partition coefficient (Wildman–Crippen LogP) is 0.856. The van der Waals surface area contributed by atoms with E-state index in [-0.39, 0.29) is 11.7 Å². The number of rotatable bonds is 5. The Hall–Kier alpha value is -1.65. The number of hydrogen-bond donors (Lipinski definition) is 2. The molecule has 0 bridgehead atoms. The second-order valence-corrected chi connectivity index (χ2v) is 5.39. The summed E-state index contributed by atoms with van der Waals surface area (Å²) in [5.74, 6) is 0.403. The van der Waals surface area contributed by atoms with Crippen LogP contribution in [0.1, 0.15) is 19.4 Å². The fraction of sp³-hybridized carbons (Fsp3) is 0.400. The van der Waals surface area contributed by atoms with Gasteiger partial charge < -0.3 is 0 Å². The molecule has 0 aliphatic rings. The number of nitrogens with one attached hydrogen (secondary N) is 2. The molecule has 0 atom stereocenters. The number of pyridine rings is 1. The lowest BCUT2D eigenvalue weighted by molar-refractivity contribution is 0.564. The molecule has 1 aromatic heterocycles. The van der Waals surface area contributed by atoms with Crippen molar-refractivity contribution in [2.24, 2.45) is 5.92 Å². The number of nitriles is 1. The Bertz CT molecular complexity index is 502. The summed E-state index contributed by atoms with van der Waals surface area (Å²) in [6.45, 7) is 4.16. The molecule has 0 aliphatic carbocycles. The van der Waals surface area contributed by atoms with Gasteiger partial charge in [0.25, 0.3) is 10.2 Å². The van der Waals surface area contributed by atoms with Gasteiger partial charge in [-0.3, -0.25) is 4.72 Å². The van der Waals surface area contributed by atoms with Crippen molar-refractivity contribution in [2.75, 3.05) is 11.3 Å². The van der Waals surface area contributed by atoms with Crippen LogP contribution in [0, 0.1) is 17.2 Å². The SMILES string of the molecule is CC(C)CNS(=O)(=O)Nc1ccc(C#N)cn1. The van der Waals surface area contributed by atoms with E-state index in [1.165, 1.54) is 18.3 Å². The molecule has 0 radical (unpaired) electrons. The van der Waals surface area contributed by atoms with Gasteiger partial charge in [-0.05, 0) is 18.1 Å². The average Bonchev–Trinajstić information content (AvgIpc) is 2.27. The molecule has 1 heterocycles. The molecule has 0 unspecified atom stereocenters. The van der Waals surface area contributed by atoms with E-state index in [0.29, 0.717) is 12.1 Å². The largest absolute Gasteiger partial charge is 0.300 e. The Morgan fingerprint density at radius 2 is 2.18 bits per heavy atom.